The van der Waals surface area contributed by atoms with Crippen molar-refractivity contribution in [1.29, 1.82) is 0 Å². The van der Waals surface area contributed by atoms with Crippen LogP contribution < -0.4 is 4.90 Å². The third-order valence-corrected chi connectivity index (χ3v) is 8.38. The van der Waals surface area contributed by atoms with Gasteiger partial charge in [0.25, 0.3) is 0 Å². The number of hydrogen-bond donors (Lipinski definition) is 1. The first-order valence-electron chi connectivity index (χ1n) is 12.9. The van der Waals surface area contributed by atoms with Crippen LogP contribution in [0.2, 0.25) is 0 Å². The molecule has 2 aromatic heterocycles. The summed E-state index contributed by atoms with van der Waals surface area (Å²) in [6.45, 7) is 8.27. The van der Waals surface area contributed by atoms with Crippen molar-refractivity contribution in [2.75, 3.05) is 62.8 Å². The Kier molecular flexibility index (Phi) is 7.49. The fourth-order valence-corrected chi connectivity index (χ4v) is 6.02. The molecule has 0 spiro atoms. The molecule has 10 nitrogen and oxygen atoms in total. The van der Waals surface area contributed by atoms with Crippen molar-refractivity contribution in [3.05, 3.63) is 41.3 Å². The summed E-state index contributed by atoms with van der Waals surface area (Å²) in [6, 6.07) is 6.41. The van der Waals surface area contributed by atoms with Gasteiger partial charge in [0, 0.05) is 37.3 Å². The lowest BCUT2D eigenvalue weighted by atomic mass is 9.86. The van der Waals surface area contributed by atoms with Crippen molar-refractivity contribution in [3.63, 3.8) is 0 Å². The summed E-state index contributed by atoms with van der Waals surface area (Å²) in [4.78, 5) is 13.7. The molecule has 2 aliphatic rings. The Bertz CT molecular complexity index is 1370. The normalized spacial score (nSPS) is 20.1. The van der Waals surface area contributed by atoms with Crippen LogP contribution in [0, 0.1) is 13.8 Å². The van der Waals surface area contributed by atoms with Gasteiger partial charge in [-0.05, 0) is 69.0 Å². The van der Waals surface area contributed by atoms with E-state index in [1.165, 1.54) is 17.4 Å². The maximum Gasteiger partial charge on any atom is 0.159 e. The van der Waals surface area contributed by atoms with E-state index in [2.05, 4.69) is 38.9 Å². The van der Waals surface area contributed by atoms with E-state index < -0.39 is 9.84 Å². The topological polar surface area (TPSA) is 114 Å². The lowest BCUT2D eigenvalue weighted by molar-refractivity contribution is 0.00335. The van der Waals surface area contributed by atoms with Gasteiger partial charge in [-0.15, -0.1) is 0 Å². The molecule has 3 aromatic rings. The Labute approximate surface area is 218 Å². The van der Waals surface area contributed by atoms with Gasteiger partial charge in [-0.1, -0.05) is 0 Å². The maximum absolute atomic E-state index is 11.6. The highest BCUT2D eigenvalue weighted by molar-refractivity contribution is 7.90. The molecule has 0 amide bonds. The number of rotatable bonds is 7. The zero-order valence-electron chi connectivity index (χ0n) is 21.8. The number of anilines is 1. The van der Waals surface area contributed by atoms with Gasteiger partial charge in [-0.3, -0.25) is 0 Å². The molecule has 1 N–H and O–H groups in total. The second kappa shape index (κ2) is 10.6. The lowest BCUT2D eigenvalue weighted by Crippen LogP contribution is -2.44. The molecule has 0 saturated carbocycles. The van der Waals surface area contributed by atoms with E-state index in [0.29, 0.717) is 38.0 Å². The first-order valence-corrected chi connectivity index (χ1v) is 15.0. The van der Waals surface area contributed by atoms with Crippen LogP contribution in [-0.4, -0.2) is 102 Å². The van der Waals surface area contributed by atoms with Crippen molar-refractivity contribution < 1.29 is 18.3 Å². The molecule has 1 unspecified atom stereocenters. The summed E-state index contributed by atoms with van der Waals surface area (Å²) in [5.74, 6) is 2.83. The number of aliphatic hydroxyl groups is 1. The number of aliphatic hydroxyl groups excluding tert-OH is 1. The van der Waals surface area contributed by atoms with Crippen LogP contribution in [0.5, 0.6) is 0 Å². The monoisotopic (exact) mass is 528 g/mol. The number of hydrogen-bond acceptors (Lipinski definition) is 9. The molecule has 200 valence electrons. The number of aromatic nitrogens is 4. The standard InChI is InChI=1S/C26H36N6O4S/c1-18-12-21-15-27-32(26-14-25(28-19(2)29-26)31-8-10-36-22(16-31)17-33)24(21)13-23(18)20-4-6-30(7-5-20)9-11-37(3,34)35/h12-15,20,22,33H,4-11,16-17H2,1-3H3. The number of piperidine rings is 1. The van der Waals surface area contributed by atoms with Gasteiger partial charge >= 0.3 is 0 Å². The van der Waals surface area contributed by atoms with Crippen molar-refractivity contribution in [3.8, 4) is 5.82 Å². The van der Waals surface area contributed by atoms with Crippen LogP contribution in [0.1, 0.15) is 35.7 Å². The third-order valence-electron chi connectivity index (χ3n) is 7.46. The highest BCUT2D eigenvalue weighted by atomic mass is 32.2. The average Bonchev–Trinajstić information content (AvgIpc) is 3.29. The zero-order chi connectivity index (χ0) is 26.2. The summed E-state index contributed by atoms with van der Waals surface area (Å²) in [5, 5.41) is 15.3. The predicted molar refractivity (Wildman–Crippen MR) is 143 cm³/mol. The summed E-state index contributed by atoms with van der Waals surface area (Å²) < 4.78 is 30.6. The SMILES string of the molecule is Cc1nc(N2CCOC(CO)C2)cc(-n2ncc3cc(C)c(C4CCN(CCS(C)(=O)=O)CC4)cc32)n1. The Morgan fingerprint density at radius 2 is 1.84 bits per heavy atom. The Morgan fingerprint density at radius 1 is 1.08 bits per heavy atom. The highest BCUT2D eigenvalue weighted by Crippen LogP contribution is 2.33. The predicted octanol–water partition coefficient (Wildman–Crippen LogP) is 1.85. The van der Waals surface area contributed by atoms with Crippen LogP contribution in [0.3, 0.4) is 0 Å². The summed E-state index contributed by atoms with van der Waals surface area (Å²) in [5.41, 5.74) is 3.59. The van der Waals surface area contributed by atoms with E-state index >= 15 is 0 Å². The van der Waals surface area contributed by atoms with Gasteiger partial charge < -0.3 is 19.6 Å². The fraction of sp³-hybridized carbons (Fsp3) is 0.577. The van der Waals surface area contributed by atoms with Gasteiger partial charge in [0.2, 0.25) is 0 Å². The van der Waals surface area contributed by atoms with E-state index in [9.17, 15) is 13.5 Å². The number of sulfone groups is 1. The number of likely N-dealkylation sites (tertiary alicyclic amines) is 1. The van der Waals surface area contributed by atoms with E-state index in [4.69, 9.17) is 9.72 Å². The molecule has 2 aliphatic heterocycles. The summed E-state index contributed by atoms with van der Waals surface area (Å²) >= 11 is 0. The van der Waals surface area contributed by atoms with Crippen LogP contribution in [-0.2, 0) is 14.6 Å². The van der Waals surface area contributed by atoms with Crippen LogP contribution >= 0.6 is 0 Å². The van der Waals surface area contributed by atoms with Crippen LogP contribution in [0.15, 0.2) is 24.4 Å². The quantitative estimate of drug-likeness (QED) is 0.491. The molecule has 2 saturated heterocycles. The van der Waals surface area contributed by atoms with Crippen molar-refractivity contribution in [1.82, 2.24) is 24.6 Å². The lowest BCUT2D eigenvalue weighted by Gasteiger charge is -2.33. The smallest absolute Gasteiger partial charge is 0.159 e. The second-order valence-corrected chi connectivity index (χ2v) is 12.6. The van der Waals surface area contributed by atoms with Gasteiger partial charge in [-0.2, -0.15) is 5.10 Å². The maximum atomic E-state index is 11.6. The summed E-state index contributed by atoms with van der Waals surface area (Å²) in [6.07, 6.45) is 4.97. The number of ether oxygens (including phenoxy) is 1. The number of nitrogens with zero attached hydrogens (tertiary/aromatic N) is 6. The number of fused-ring (bicyclic) bond motifs is 1. The van der Waals surface area contributed by atoms with Crippen molar-refractivity contribution in [2.24, 2.45) is 0 Å². The number of morpholine rings is 1. The molecule has 1 aromatic carbocycles. The molecular weight excluding hydrogens is 492 g/mol. The minimum atomic E-state index is -2.94. The zero-order valence-corrected chi connectivity index (χ0v) is 22.6. The molecule has 5 rings (SSSR count). The van der Waals surface area contributed by atoms with E-state index in [0.717, 1.165) is 48.5 Å². The molecule has 2 fully saturated rings. The molecular formula is C26H36N6O4S. The third kappa shape index (κ3) is 5.95. The molecule has 37 heavy (non-hydrogen) atoms. The van der Waals surface area contributed by atoms with E-state index in [1.807, 2.05) is 23.9 Å². The van der Waals surface area contributed by atoms with Crippen molar-refractivity contribution >= 4 is 26.6 Å². The largest absolute Gasteiger partial charge is 0.394 e. The van der Waals surface area contributed by atoms with E-state index in [1.54, 1.807) is 0 Å². The molecule has 11 heteroatoms. The molecule has 4 heterocycles. The Balaban J connectivity index is 1.40. The van der Waals surface area contributed by atoms with E-state index in [-0.39, 0.29) is 18.5 Å². The van der Waals surface area contributed by atoms with Gasteiger partial charge in [0.15, 0.2) is 5.82 Å². The Hall–Kier alpha value is -2.60. The minimum absolute atomic E-state index is 0.0179. The summed E-state index contributed by atoms with van der Waals surface area (Å²) in [7, 11) is -2.94. The first-order chi connectivity index (χ1) is 17.7. The fourth-order valence-electron chi connectivity index (χ4n) is 5.43. The second-order valence-electron chi connectivity index (χ2n) is 10.3. The molecule has 1 atom stereocenters. The number of benzene rings is 1. The van der Waals surface area contributed by atoms with Crippen LogP contribution in [0.4, 0.5) is 5.82 Å². The highest BCUT2D eigenvalue weighted by Gasteiger charge is 2.25. The molecule has 0 bridgehead atoms. The van der Waals surface area contributed by atoms with Gasteiger partial charge in [0.1, 0.15) is 21.5 Å². The minimum Gasteiger partial charge on any atom is -0.394 e. The molecule has 0 aliphatic carbocycles. The first kappa shape index (κ1) is 26.0. The van der Waals surface area contributed by atoms with Crippen LogP contribution in [0.25, 0.3) is 16.7 Å². The molecule has 0 radical (unpaired) electrons. The average molecular weight is 529 g/mol. The Morgan fingerprint density at radius 3 is 2.57 bits per heavy atom. The van der Waals surface area contributed by atoms with Gasteiger partial charge in [0.05, 0.1) is 36.8 Å². The van der Waals surface area contributed by atoms with Crippen molar-refractivity contribution in [2.45, 2.75) is 38.7 Å². The number of aryl methyl sites for hydroxylation is 2. The van der Waals surface area contributed by atoms with Gasteiger partial charge in [-0.25, -0.2) is 23.1 Å².